The molecule has 0 radical (unpaired) electrons. The van der Waals surface area contributed by atoms with Gasteiger partial charge in [0.1, 0.15) is 6.61 Å². The van der Waals surface area contributed by atoms with E-state index in [0.717, 1.165) is 24.1 Å². The average molecular weight is 396 g/mol. The lowest BCUT2D eigenvalue weighted by atomic mass is 9.75. The summed E-state index contributed by atoms with van der Waals surface area (Å²) < 4.78 is 15.6. The van der Waals surface area contributed by atoms with Crippen LogP contribution in [-0.4, -0.2) is 30.1 Å². The van der Waals surface area contributed by atoms with E-state index in [2.05, 4.69) is 17.5 Å². The first kappa shape index (κ1) is 19.1. The van der Waals surface area contributed by atoms with E-state index in [9.17, 15) is 9.90 Å². The maximum atomic E-state index is 12.1. The van der Waals surface area contributed by atoms with Crippen LogP contribution < -0.4 is 15.8 Å². The molecule has 7 nitrogen and oxygen atoms in total. The van der Waals surface area contributed by atoms with Gasteiger partial charge < -0.3 is 30.4 Å². The fourth-order valence-electron chi connectivity index (χ4n) is 4.15. The van der Waals surface area contributed by atoms with Crippen molar-refractivity contribution in [3.63, 3.8) is 0 Å². The van der Waals surface area contributed by atoms with E-state index in [4.69, 9.17) is 19.9 Å². The number of benzene rings is 1. The molecule has 4 N–H and O–H groups in total. The van der Waals surface area contributed by atoms with Crippen molar-refractivity contribution in [1.29, 1.82) is 0 Å². The third kappa shape index (κ3) is 3.38. The lowest BCUT2D eigenvalue weighted by molar-refractivity contribution is 0.0252. The Morgan fingerprint density at radius 1 is 1.45 bits per heavy atom. The largest absolute Gasteiger partial charge is 0.510 e. The molecule has 0 fully saturated rings. The molecule has 3 aliphatic rings. The molecule has 2 aliphatic carbocycles. The molecule has 2 atom stereocenters. The minimum atomic E-state index is -0.794. The van der Waals surface area contributed by atoms with E-state index in [1.165, 1.54) is 24.3 Å². The number of aromatic hydroxyl groups is 1. The number of hydrogen-bond donors (Lipinski definition) is 3. The molecule has 2 unspecified atom stereocenters. The molecule has 1 heterocycles. The first-order valence-electron chi connectivity index (χ1n) is 9.47. The number of rotatable bonds is 4. The Hall–Kier alpha value is -3.19. The molecule has 1 aromatic rings. The summed E-state index contributed by atoms with van der Waals surface area (Å²) in [4.78, 5) is 12.1. The van der Waals surface area contributed by atoms with Crippen LogP contribution in [-0.2, 0) is 16.1 Å². The van der Waals surface area contributed by atoms with E-state index in [-0.39, 0.29) is 12.4 Å². The number of fused-ring (bicyclic) bond motifs is 3. The number of carbonyl (C=O) groups is 1. The molecule has 1 aliphatic heterocycles. The number of carbonyl (C=O) groups excluding carboxylic acids is 1. The van der Waals surface area contributed by atoms with Gasteiger partial charge in [0, 0.05) is 12.1 Å². The van der Waals surface area contributed by atoms with Gasteiger partial charge in [-0.3, -0.25) is 0 Å². The van der Waals surface area contributed by atoms with E-state index in [1.54, 1.807) is 18.2 Å². The van der Waals surface area contributed by atoms with Gasteiger partial charge >= 0.3 is 6.16 Å². The van der Waals surface area contributed by atoms with Crippen molar-refractivity contribution in [2.24, 2.45) is 5.73 Å². The minimum Gasteiger partial charge on any atom is -0.504 e. The second-order valence-electron chi connectivity index (χ2n) is 7.26. The molecule has 29 heavy (non-hydrogen) atoms. The Labute approximate surface area is 169 Å². The summed E-state index contributed by atoms with van der Waals surface area (Å²) in [5.74, 6) is 0.336. The standard InChI is InChI=1S/C22H24N2O5/c1-3-15-14-8-9-22(15,23)16-5-7-20(24-17(16)11-14)29-21(26)28-12-13-4-6-18(25)19(10-13)27-2/h3-8,10,20,24-25H,9,11-12,23H2,1-2H3/b15-3+. The molecule has 4 rings (SSSR count). The van der Waals surface area contributed by atoms with Crippen molar-refractivity contribution in [2.45, 2.75) is 38.1 Å². The van der Waals surface area contributed by atoms with Crippen LogP contribution in [0.2, 0.25) is 0 Å². The topological polar surface area (TPSA) is 103 Å². The molecule has 2 bridgehead atoms. The van der Waals surface area contributed by atoms with Crippen LogP contribution in [0.4, 0.5) is 4.79 Å². The van der Waals surface area contributed by atoms with Gasteiger partial charge in [0.05, 0.1) is 12.6 Å². The number of methoxy groups -OCH3 is 1. The molecule has 0 amide bonds. The van der Waals surface area contributed by atoms with Gasteiger partial charge in [0.15, 0.2) is 17.7 Å². The van der Waals surface area contributed by atoms with Crippen molar-refractivity contribution >= 4 is 6.16 Å². The summed E-state index contributed by atoms with van der Waals surface area (Å²) in [6.45, 7) is 2.01. The number of phenolic OH excluding ortho intramolecular Hbond substituents is 1. The van der Waals surface area contributed by atoms with E-state index in [0.29, 0.717) is 11.3 Å². The predicted molar refractivity (Wildman–Crippen MR) is 107 cm³/mol. The van der Waals surface area contributed by atoms with Crippen molar-refractivity contribution in [3.05, 3.63) is 70.5 Å². The molecule has 1 aromatic carbocycles. The lowest BCUT2D eigenvalue weighted by Gasteiger charge is -2.38. The molecule has 0 spiro atoms. The minimum absolute atomic E-state index is 0.00328. The number of phenols is 1. The van der Waals surface area contributed by atoms with Gasteiger partial charge in [-0.2, -0.15) is 0 Å². The Morgan fingerprint density at radius 3 is 3.03 bits per heavy atom. The monoisotopic (exact) mass is 396 g/mol. The maximum Gasteiger partial charge on any atom is 0.510 e. The zero-order valence-electron chi connectivity index (χ0n) is 16.4. The van der Waals surface area contributed by atoms with Crippen LogP contribution >= 0.6 is 0 Å². The van der Waals surface area contributed by atoms with Crippen LogP contribution in [0.15, 0.2) is 64.9 Å². The van der Waals surface area contributed by atoms with Gasteiger partial charge in [0.2, 0.25) is 0 Å². The number of nitrogens with one attached hydrogen (secondary N) is 1. The van der Waals surface area contributed by atoms with Crippen LogP contribution in [0.1, 0.15) is 25.3 Å². The van der Waals surface area contributed by atoms with Crippen LogP contribution in [0.3, 0.4) is 0 Å². The number of nitrogens with two attached hydrogens (primary N) is 1. The highest BCUT2D eigenvalue weighted by molar-refractivity contribution is 5.64. The predicted octanol–water partition coefficient (Wildman–Crippen LogP) is 3.17. The molecule has 0 aromatic heterocycles. The first-order valence-corrected chi connectivity index (χ1v) is 9.47. The number of dihydropyridines is 1. The smallest absolute Gasteiger partial charge is 0.504 e. The maximum absolute atomic E-state index is 12.1. The van der Waals surface area contributed by atoms with Gasteiger partial charge in [-0.05, 0) is 53.8 Å². The Balaban J connectivity index is 1.36. The summed E-state index contributed by atoms with van der Waals surface area (Å²) >= 11 is 0. The van der Waals surface area contributed by atoms with Gasteiger partial charge in [-0.1, -0.05) is 24.3 Å². The highest BCUT2D eigenvalue weighted by Gasteiger charge is 2.44. The molecule has 0 saturated heterocycles. The van der Waals surface area contributed by atoms with Crippen molar-refractivity contribution in [3.8, 4) is 11.5 Å². The lowest BCUT2D eigenvalue weighted by Crippen LogP contribution is -2.47. The van der Waals surface area contributed by atoms with Crippen LogP contribution in [0.25, 0.3) is 0 Å². The summed E-state index contributed by atoms with van der Waals surface area (Å²) in [7, 11) is 1.45. The van der Waals surface area contributed by atoms with Gasteiger partial charge in [-0.25, -0.2) is 4.79 Å². The van der Waals surface area contributed by atoms with Gasteiger partial charge in [-0.15, -0.1) is 0 Å². The SMILES string of the molecule is C/C=C1\C2=CCC1(N)C1=C(C2)NC(OC(=O)OCc2ccc(O)c(OC)c2)C=C1. The van der Waals surface area contributed by atoms with Crippen LogP contribution in [0, 0.1) is 0 Å². The average Bonchev–Trinajstić information content (AvgIpc) is 2.95. The van der Waals surface area contributed by atoms with E-state index in [1.807, 2.05) is 13.0 Å². The second-order valence-corrected chi connectivity index (χ2v) is 7.26. The fraction of sp³-hybridized carbons (Fsp3) is 0.318. The fourth-order valence-corrected chi connectivity index (χ4v) is 4.15. The Kier molecular flexibility index (Phi) is 4.84. The summed E-state index contributed by atoms with van der Waals surface area (Å²) in [6, 6.07) is 4.73. The summed E-state index contributed by atoms with van der Waals surface area (Å²) in [6.07, 6.45) is 8.07. The summed E-state index contributed by atoms with van der Waals surface area (Å²) in [5, 5.41) is 12.9. The zero-order valence-corrected chi connectivity index (χ0v) is 16.4. The Morgan fingerprint density at radius 2 is 2.28 bits per heavy atom. The number of ether oxygens (including phenoxy) is 3. The second kappa shape index (κ2) is 7.33. The third-order valence-corrected chi connectivity index (χ3v) is 5.54. The van der Waals surface area contributed by atoms with E-state index >= 15 is 0 Å². The summed E-state index contributed by atoms with van der Waals surface area (Å²) in [5.41, 5.74) is 11.2. The molecular weight excluding hydrogens is 372 g/mol. The quantitative estimate of drug-likeness (QED) is 0.672. The normalized spacial score (nSPS) is 26.0. The first-order chi connectivity index (χ1) is 13.9. The van der Waals surface area contributed by atoms with Crippen LogP contribution in [0.5, 0.6) is 11.5 Å². The van der Waals surface area contributed by atoms with E-state index < -0.39 is 17.9 Å². The highest BCUT2D eigenvalue weighted by Crippen LogP contribution is 2.47. The molecule has 0 saturated carbocycles. The van der Waals surface area contributed by atoms with Crippen molar-refractivity contribution in [1.82, 2.24) is 5.32 Å². The van der Waals surface area contributed by atoms with Crippen molar-refractivity contribution in [2.75, 3.05) is 7.11 Å². The number of allylic oxidation sites excluding steroid dienone is 2. The van der Waals surface area contributed by atoms with Gasteiger partial charge in [0.25, 0.3) is 0 Å². The van der Waals surface area contributed by atoms with Crippen molar-refractivity contribution < 1.29 is 24.1 Å². The third-order valence-electron chi connectivity index (χ3n) is 5.54. The molecular formula is C22H24N2O5. The Bertz CT molecular complexity index is 975. The highest BCUT2D eigenvalue weighted by atomic mass is 16.7. The molecule has 152 valence electrons. The molecule has 7 heteroatoms. The zero-order chi connectivity index (χ0) is 20.6. The number of hydrogen-bond acceptors (Lipinski definition) is 7.